The molecule has 0 amide bonds. The number of benzene rings is 3. The van der Waals surface area contributed by atoms with E-state index in [0.717, 1.165) is 28.1 Å². The Balaban J connectivity index is 1.76. The number of nitrogens with zero attached hydrogens (tertiary/aromatic N) is 1. The molecule has 0 aliphatic carbocycles. The summed E-state index contributed by atoms with van der Waals surface area (Å²) < 4.78 is 0. The van der Waals surface area contributed by atoms with Gasteiger partial charge in [0.25, 0.3) is 0 Å². The van der Waals surface area contributed by atoms with Crippen LogP contribution in [0, 0.1) is 0 Å². The Morgan fingerprint density at radius 3 is 1.86 bits per heavy atom. The number of aliphatic imine (C=N–C) groups is 1. The van der Waals surface area contributed by atoms with E-state index in [1.165, 1.54) is 0 Å². The lowest BCUT2D eigenvalue weighted by Gasteiger charge is -2.02. The van der Waals surface area contributed by atoms with Gasteiger partial charge >= 0.3 is 0 Å². The van der Waals surface area contributed by atoms with Crippen LogP contribution in [0.15, 0.2) is 77.8 Å². The van der Waals surface area contributed by atoms with Crippen LogP contribution in [-0.4, -0.2) is 11.3 Å². The number of anilines is 1. The number of aromatic hydroxyl groups is 1. The lowest BCUT2D eigenvalue weighted by Crippen LogP contribution is -1.83. The van der Waals surface area contributed by atoms with E-state index >= 15 is 0 Å². The zero-order valence-electron chi connectivity index (χ0n) is 12.0. The first-order chi connectivity index (χ1) is 10.7. The fraction of sp³-hybridized carbons (Fsp3) is 0. The van der Waals surface area contributed by atoms with Crippen molar-refractivity contribution in [1.82, 2.24) is 0 Å². The fourth-order valence-corrected chi connectivity index (χ4v) is 2.12. The number of nitrogens with two attached hydrogens (primary N) is 1. The molecular weight excluding hydrogens is 272 g/mol. The molecule has 3 aromatic rings. The maximum atomic E-state index is 9.25. The van der Waals surface area contributed by atoms with Crippen molar-refractivity contribution in [1.29, 1.82) is 0 Å². The first-order valence-corrected chi connectivity index (χ1v) is 7.00. The third-order valence-corrected chi connectivity index (χ3v) is 3.37. The maximum absolute atomic E-state index is 9.25. The van der Waals surface area contributed by atoms with Gasteiger partial charge in [0.05, 0.1) is 5.69 Å². The van der Waals surface area contributed by atoms with Crippen LogP contribution < -0.4 is 5.73 Å². The summed E-state index contributed by atoms with van der Waals surface area (Å²) in [7, 11) is 0. The summed E-state index contributed by atoms with van der Waals surface area (Å²) in [6, 6.07) is 22.8. The normalized spacial score (nSPS) is 10.9. The van der Waals surface area contributed by atoms with Crippen molar-refractivity contribution in [3.8, 4) is 16.9 Å². The van der Waals surface area contributed by atoms with Crippen LogP contribution in [-0.2, 0) is 0 Å². The summed E-state index contributed by atoms with van der Waals surface area (Å²) >= 11 is 0. The van der Waals surface area contributed by atoms with E-state index in [1.807, 2.05) is 60.7 Å². The molecule has 22 heavy (non-hydrogen) atoms. The molecule has 0 aromatic heterocycles. The van der Waals surface area contributed by atoms with Gasteiger partial charge in [-0.05, 0) is 65.2 Å². The Labute approximate surface area is 129 Å². The highest BCUT2D eigenvalue weighted by Crippen LogP contribution is 2.23. The van der Waals surface area contributed by atoms with Crippen molar-refractivity contribution in [2.75, 3.05) is 5.73 Å². The molecule has 0 spiro atoms. The predicted molar refractivity (Wildman–Crippen MR) is 91.7 cm³/mol. The van der Waals surface area contributed by atoms with Gasteiger partial charge in [-0.15, -0.1) is 0 Å². The van der Waals surface area contributed by atoms with Gasteiger partial charge in [0, 0.05) is 11.9 Å². The van der Waals surface area contributed by atoms with E-state index in [4.69, 9.17) is 5.73 Å². The van der Waals surface area contributed by atoms with Crippen LogP contribution >= 0.6 is 0 Å². The van der Waals surface area contributed by atoms with E-state index in [-0.39, 0.29) is 5.75 Å². The van der Waals surface area contributed by atoms with E-state index < -0.39 is 0 Å². The highest BCUT2D eigenvalue weighted by molar-refractivity contribution is 5.82. The summed E-state index contributed by atoms with van der Waals surface area (Å²) in [5.41, 5.74) is 10.5. The van der Waals surface area contributed by atoms with Gasteiger partial charge in [0.2, 0.25) is 0 Å². The monoisotopic (exact) mass is 288 g/mol. The Bertz CT molecular complexity index is 773. The van der Waals surface area contributed by atoms with Gasteiger partial charge in [0.1, 0.15) is 5.75 Å². The quantitative estimate of drug-likeness (QED) is 0.554. The largest absolute Gasteiger partial charge is 0.508 e. The highest BCUT2D eigenvalue weighted by Gasteiger charge is 1.97. The number of hydrogen-bond acceptors (Lipinski definition) is 3. The molecule has 0 bridgehead atoms. The summed E-state index contributed by atoms with van der Waals surface area (Å²) in [6.45, 7) is 0. The van der Waals surface area contributed by atoms with Crippen LogP contribution in [0.4, 0.5) is 11.4 Å². The average molecular weight is 288 g/mol. The number of nitrogen functional groups attached to an aromatic ring is 1. The van der Waals surface area contributed by atoms with Gasteiger partial charge < -0.3 is 10.8 Å². The molecule has 3 heteroatoms. The van der Waals surface area contributed by atoms with Gasteiger partial charge in [0.15, 0.2) is 0 Å². The van der Waals surface area contributed by atoms with Gasteiger partial charge in [-0.2, -0.15) is 0 Å². The number of phenols is 1. The first-order valence-electron chi connectivity index (χ1n) is 7.00. The van der Waals surface area contributed by atoms with Gasteiger partial charge in [-0.3, -0.25) is 4.99 Å². The summed E-state index contributed by atoms with van der Waals surface area (Å²) in [5, 5.41) is 9.25. The molecule has 0 saturated heterocycles. The second-order valence-corrected chi connectivity index (χ2v) is 5.02. The second kappa shape index (κ2) is 6.14. The van der Waals surface area contributed by atoms with Crippen LogP contribution in [0.25, 0.3) is 11.1 Å². The van der Waals surface area contributed by atoms with Crippen LogP contribution in [0.2, 0.25) is 0 Å². The molecular formula is C19H16N2O. The lowest BCUT2D eigenvalue weighted by molar-refractivity contribution is 0.475. The summed E-state index contributed by atoms with van der Waals surface area (Å²) in [5.74, 6) is 0.255. The van der Waals surface area contributed by atoms with Crippen molar-refractivity contribution < 1.29 is 5.11 Å². The Kier molecular flexibility index (Phi) is 3.88. The van der Waals surface area contributed by atoms with Gasteiger partial charge in [-0.25, -0.2) is 0 Å². The molecule has 0 radical (unpaired) electrons. The Morgan fingerprint density at radius 1 is 0.727 bits per heavy atom. The number of phenolic OH excluding ortho intramolecular Hbond substituents is 1. The SMILES string of the molecule is Nc1ccc(-c2ccc(N=Cc3ccc(O)cc3)cc2)cc1. The topological polar surface area (TPSA) is 58.6 Å². The predicted octanol–water partition coefficient (Wildman–Crippen LogP) is 4.39. The minimum atomic E-state index is 0.255. The molecule has 0 fully saturated rings. The molecule has 0 atom stereocenters. The molecule has 0 heterocycles. The van der Waals surface area contributed by atoms with Crippen molar-refractivity contribution in [3.05, 3.63) is 78.4 Å². The maximum Gasteiger partial charge on any atom is 0.115 e. The molecule has 108 valence electrons. The number of hydrogen-bond donors (Lipinski definition) is 2. The molecule has 3 aromatic carbocycles. The van der Waals surface area contributed by atoms with Crippen molar-refractivity contribution in [2.24, 2.45) is 4.99 Å². The van der Waals surface area contributed by atoms with Crippen LogP contribution in [0.3, 0.4) is 0 Å². The molecule has 3 rings (SSSR count). The molecule has 0 unspecified atom stereocenters. The van der Waals surface area contributed by atoms with Crippen LogP contribution in [0.5, 0.6) is 5.75 Å². The zero-order chi connectivity index (χ0) is 15.4. The van der Waals surface area contributed by atoms with Crippen molar-refractivity contribution >= 4 is 17.6 Å². The van der Waals surface area contributed by atoms with Gasteiger partial charge in [-0.1, -0.05) is 24.3 Å². The van der Waals surface area contributed by atoms with Crippen molar-refractivity contribution in [3.63, 3.8) is 0 Å². The second-order valence-electron chi connectivity index (χ2n) is 5.02. The molecule has 0 saturated carbocycles. The minimum absolute atomic E-state index is 0.255. The summed E-state index contributed by atoms with van der Waals surface area (Å²) in [6.07, 6.45) is 1.78. The molecule has 0 aliphatic heterocycles. The fourth-order valence-electron chi connectivity index (χ4n) is 2.12. The van der Waals surface area contributed by atoms with Crippen molar-refractivity contribution in [2.45, 2.75) is 0 Å². The molecule has 0 aliphatic rings. The number of rotatable bonds is 3. The lowest BCUT2D eigenvalue weighted by atomic mass is 10.1. The Hall–Kier alpha value is -3.07. The van der Waals surface area contributed by atoms with Crippen LogP contribution in [0.1, 0.15) is 5.56 Å². The van der Waals surface area contributed by atoms with E-state index in [2.05, 4.69) is 4.99 Å². The van der Waals surface area contributed by atoms with E-state index in [9.17, 15) is 5.11 Å². The first kappa shape index (κ1) is 13.9. The third kappa shape index (κ3) is 3.33. The zero-order valence-corrected chi connectivity index (χ0v) is 12.0. The smallest absolute Gasteiger partial charge is 0.115 e. The highest BCUT2D eigenvalue weighted by atomic mass is 16.3. The third-order valence-electron chi connectivity index (χ3n) is 3.37. The summed E-state index contributed by atoms with van der Waals surface area (Å²) in [4.78, 5) is 4.43. The average Bonchev–Trinajstić information content (AvgIpc) is 2.56. The standard InChI is InChI=1S/C19H16N2O/c20-17-7-3-15(4-8-17)16-5-9-18(10-6-16)21-13-14-1-11-19(22)12-2-14/h1-13,22H,20H2. The van der Waals surface area contributed by atoms with E-state index in [0.29, 0.717) is 0 Å². The molecule has 3 N–H and O–H groups in total. The Morgan fingerprint density at radius 2 is 1.27 bits per heavy atom. The van der Waals surface area contributed by atoms with E-state index in [1.54, 1.807) is 18.3 Å². The molecule has 3 nitrogen and oxygen atoms in total. The minimum Gasteiger partial charge on any atom is -0.508 e.